The third-order valence-electron chi connectivity index (χ3n) is 0. The van der Waals surface area contributed by atoms with Crippen LogP contribution in [0.3, 0.4) is 0 Å². The molecule has 4 heteroatoms. The van der Waals surface area contributed by atoms with Crippen molar-refractivity contribution in [3.63, 3.8) is 0 Å². The quantitative estimate of drug-likeness (QED) is 0.430. The minimum absolute atomic E-state index is 0.833. The average molecular weight is 125 g/mol. The predicted molar refractivity (Wildman–Crippen MR) is 15.5 cm³/mol. The first-order valence-corrected chi connectivity index (χ1v) is 1.85. The first-order chi connectivity index (χ1) is 2.73. The molecule has 6 heavy (non-hydrogen) atoms. The molecule has 0 atom stereocenters. The number of hydrogen-bond donors (Lipinski definition) is 2. The molecule has 0 aliphatic rings. The van der Waals surface area contributed by atoms with E-state index in [2.05, 4.69) is 0 Å². The van der Waals surface area contributed by atoms with Crippen LogP contribution in [0.2, 0.25) is 0 Å². The fraction of sp³-hybridized carbons (Fsp3) is 0.500. The molecule has 0 amide bonds. The fourth-order valence-electron chi connectivity index (χ4n) is 0. The number of carboxylic acid groups (broad SMARTS) is 1. The van der Waals surface area contributed by atoms with Crippen molar-refractivity contribution in [2.45, 2.75) is 6.92 Å². The molecule has 2 N–H and O–H groups in total. The van der Waals surface area contributed by atoms with E-state index in [4.69, 9.17) is 13.6 Å². The third-order valence-corrected chi connectivity index (χ3v) is 0. The maximum absolute atomic E-state index is 9.00. The van der Waals surface area contributed by atoms with E-state index in [0.717, 1.165) is 27.7 Å². The standard InChI is InChI=1S/C2H4O2.H2O.Ti/c1-2(3)4;;/h1H3,(H,3,4);1H2;/q;;+1/p-1. The van der Waals surface area contributed by atoms with E-state index in [-0.39, 0.29) is 0 Å². The van der Waals surface area contributed by atoms with Crippen molar-refractivity contribution in [2.24, 2.45) is 0 Å². The van der Waals surface area contributed by atoms with Crippen LogP contribution >= 0.6 is 0 Å². The van der Waals surface area contributed by atoms with Crippen molar-refractivity contribution in [1.29, 1.82) is 0 Å². The molecule has 0 aliphatic carbocycles. The molecular formula is C2H5O3Ti. The van der Waals surface area contributed by atoms with Crippen molar-refractivity contribution in [1.82, 2.24) is 0 Å². The van der Waals surface area contributed by atoms with E-state index < -0.39 is 5.97 Å². The molecule has 0 fully saturated rings. The van der Waals surface area contributed by atoms with E-state index in [1.165, 1.54) is 0 Å². The van der Waals surface area contributed by atoms with Gasteiger partial charge in [-0.05, 0) is 0 Å². The first kappa shape index (κ1) is 9.47. The zero-order valence-corrected chi connectivity index (χ0v) is 4.86. The van der Waals surface area contributed by atoms with Gasteiger partial charge in [0.1, 0.15) is 0 Å². The zero-order chi connectivity index (χ0) is 5.58. The Morgan fingerprint density at radius 1 is 1.67 bits per heavy atom. The Labute approximate surface area is 47.9 Å². The summed E-state index contributed by atoms with van der Waals surface area (Å²) in [6.45, 7) is 1.08. The van der Waals surface area contributed by atoms with Crippen molar-refractivity contribution < 1.29 is 34.4 Å². The van der Waals surface area contributed by atoms with Crippen molar-refractivity contribution >= 4 is 5.97 Å². The monoisotopic (exact) mass is 125 g/mol. The van der Waals surface area contributed by atoms with Gasteiger partial charge >= 0.3 is 24.5 Å². The summed E-state index contributed by atoms with van der Waals surface area (Å²) in [5.74, 6) is -0.833. The Morgan fingerprint density at radius 3 is 1.67 bits per heavy atom. The number of hydrogen-bond acceptors (Lipinski definition) is 2. The second-order valence-corrected chi connectivity index (χ2v) is 0.519. The summed E-state index contributed by atoms with van der Waals surface area (Å²) >= 11 is 1.00. The summed E-state index contributed by atoms with van der Waals surface area (Å²) < 4.78 is 7.00. The molecule has 0 aromatic heterocycles. The Balaban J connectivity index is 0. The van der Waals surface area contributed by atoms with Gasteiger partial charge < -0.3 is 5.11 Å². The molecular weight excluding hydrogens is 120 g/mol. The van der Waals surface area contributed by atoms with Crippen LogP contribution in [0.1, 0.15) is 6.92 Å². The van der Waals surface area contributed by atoms with Crippen LogP contribution in [-0.4, -0.2) is 14.8 Å². The van der Waals surface area contributed by atoms with Crippen LogP contribution < -0.4 is 0 Å². The normalized spacial score (nSPS) is 4.83. The molecule has 0 saturated heterocycles. The number of carbonyl (C=O) groups is 1. The van der Waals surface area contributed by atoms with Crippen LogP contribution in [0.15, 0.2) is 0 Å². The van der Waals surface area contributed by atoms with Crippen molar-refractivity contribution in [3.8, 4) is 0 Å². The molecule has 0 unspecified atom stereocenters. The SMILES string of the molecule is CC(=O)O.[OH][Ti]. The van der Waals surface area contributed by atoms with Gasteiger partial charge in [-0.2, -0.15) is 0 Å². The Kier molecular flexibility index (Phi) is 14.1. The molecule has 3 nitrogen and oxygen atoms in total. The molecule has 35 valence electrons. The molecule has 0 aliphatic heterocycles. The predicted octanol–water partition coefficient (Wildman–Crippen LogP) is -0.469. The summed E-state index contributed by atoms with van der Waals surface area (Å²) in [6, 6.07) is 0. The van der Waals surface area contributed by atoms with Gasteiger partial charge in [-0.25, -0.2) is 0 Å². The molecule has 0 aromatic carbocycles. The second kappa shape index (κ2) is 8.94. The number of carboxylic acids is 1. The molecule has 0 radical (unpaired) electrons. The van der Waals surface area contributed by atoms with E-state index in [0.29, 0.717) is 0 Å². The summed E-state index contributed by atoms with van der Waals surface area (Å²) in [7, 11) is 0. The zero-order valence-electron chi connectivity index (χ0n) is 3.30. The number of aliphatic carboxylic acids is 1. The molecule has 0 spiro atoms. The molecule has 0 aromatic rings. The fourth-order valence-corrected chi connectivity index (χ4v) is 0. The van der Waals surface area contributed by atoms with Crippen LogP contribution in [0.25, 0.3) is 0 Å². The van der Waals surface area contributed by atoms with Crippen LogP contribution in [0, 0.1) is 0 Å². The van der Waals surface area contributed by atoms with E-state index >= 15 is 0 Å². The van der Waals surface area contributed by atoms with Gasteiger partial charge in [0, 0.05) is 6.92 Å². The van der Waals surface area contributed by atoms with Gasteiger partial charge in [-0.1, -0.05) is 0 Å². The van der Waals surface area contributed by atoms with Crippen molar-refractivity contribution in [3.05, 3.63) is 0 Å². The summed E-state index contributed by atoms with van der Waals surface area (Å²) in [6.07, 6.45) is 0. The molecule has 0 heterocycles. The van der Waals surface area contributed by atoms with E-state index in [9.17, 15) is 0 Å². The summed E-state index contributed by atoms with van der Waals surface area (Å²) in [5, 5.41) is 7.42. The summed E-state index contributed by atoms with van der Waals surface area (Å²) in [4.78, 5) is 9.00. The minimum atomic E-state index is -0.833. The molecule has 0 rings (SSSR count). The van der Waals surface area contributed by atoms with E-state index in [1.54, 1.807) is 0 Å². The van der Waals surface area contributed by atoms with Crippen LogP contribution in [-0.2, 0) is 25.6 Å². The van der Waals surface area contributed by atoms with Gasteiger partial charge in [-0.15, -0.1) is 0 Å². The summed E-state index contributed by atoms with van der Waals surface area (Å²) in [5.41, 5.74) is 0. The van der Waals surface area contributed by atoms with Gasteiger partial charge in [0.25, 0.3) is 5.97 Å². The van der Waals surface area contributed by atoms with Crippen LogP contribution in [0.4, 0.5) is 0 Å². The Hall–Kier alpha value is 0.144. The van der Waals surface area contributed by atoms with Gasteiger partial charge in [0.15, 0.2) is 0 Å². The second-order valence-electron chi connectivity index (χ2n) is 0.519. The topological polar surface area (TPSA) is 57.5 Å². The average Bonchev–Trinajstić information content (AvgIpc) is 1.41. The maximum atomic E-state index is 9.00. The Bertz CT molecular complexity index is 31.8. The van der Waals surface area contributed by atoms with Crippen molar-refractivity contribution in [2.75, 3.05) is 0 Å². The van der Waals surface area contributed by atoms with Crippen LogP contribution in [0.5, 0.6) is 0 Å². The first-order valence-electron chi connectivity index (χ1n) is 1.15. The molecule has 0 saturated carbocycles. The van der Waals surface area contributed by atoms with Gasteiger partial charge in [-0.3, -0.25) is 4.79 Å². The number of rotatable bonds is 0. The van der Waals surface area contributed by atoms with Gasteiger partial charge in [0.2, 0.25) is 0 Å². The third kappa shape index (κ3) is 1970. The van der Waals surface area contributed by atoms with E-state index in [1.807, 2.05) is 0 Å². The Morgan fingerprint density at radius 2 is 1.67 bits per heavy atom. The molecule has 0 bridgehead atoms. The van der Waals surface area contributed by atoms with Gasteiger partial charge in [0.05, 0.1) is 0 Å².